The minimum absolute atomic E-state index is 0. The number of carbonyl (C=O) groups is 1. The van der Waals surface area contributed by atoms with Gasteiger partial charge in [0, 0.05) is 58.0 Å². The summed E-state index contributed by atoms with van der Waals surface area (Å²) in [6.45, 7) is 4.65. The van der Waals surface area contributed by atoms with E-state index in [0.29, 0.717) is 18.8 Å². The molecule has 4 rings (SSSR count). The van der Waals surface area contributed by atoms with E-state index < -0.39 is 0 Å². The molecule has 0 unspecified atom stereocenters. The van der Waals surface area contributed by atoms with Gasteiger partial charge in [-0.1, -0.05) is 18.2 Å². The molecule has 0 saturated carbocycles. The number of hydrogen-bond acceptors (Lipinski definition) is 3. The number of carbonyl (C=O) groups excluding carboxylic acids is 1. The number of piperazine rings is 1. The molecular formula is C22H28IN5O2. The SMILES string of the molecule is CN=C(NCCCn1ccc2ccccc21)N1CCN(C(=O)c2ccco2)CC1.I. The van der Waals surface area contributed by atoms with Crippen molar-refractivity contribution in [3.8, 4) is 0 Å². The summed E-state index contributed by atoms with van der Waals surface area (Å²) < 4.78 is 7.51. The van der Waals surface area contributed by atoms with Crippen molar-refractivity contribution >= 4 is 46.7 Å². The molecule has 3 heterocycles. The number of aliphatic imine (C=N–C) groups is 1. The van der Waals surface area contributed by atoms with E-state index in [1.165, 1.54) is 17.2 Å². The second-order valence-corrected chi connectivity index (χ2v) is 7.15. The van der Waals surface area contributed by atoms with Gasteiger partial charge in [-0.3, -0.25) is 9.79 Å². The van der Waals surface area contributed by atoms with Gasteiger partial charge < -0.3 is 24.1 Å². The van der Waals surface area contributed by atoms with Gasteiger partial charge in [0.1, 0.15) is 0 Å². The van der Waals surface area contributed by atoms with Crippen molar-refractivity contribution in [1.82, 2.24) is 19.7 Å². The van der Waals surface area contributed by atoms with Crippen LogP contribution in [-0.2, 0) is 6.54 Å². The van der Waals surface area contributed by atoms with Crippen molar-refractivity contribution in [2.45, 2.75) is 13.0 Å². The van der Waals surface area contributed by atoms with Crippen LogP contribution in [0.4, 0.5) is 0 Å². The fourth-order valence-electron chi connectivity index (χ4n) is 3.79. The number of nitrogens with one attached hydrogen (secondary N) is 1. The van der Waals surface area contributed by atoms with Gasteiger partial charge in [0.05, 0.1) is 6.26 Å². The van der Waals surface area contributed by atoms with E-state index in [1.807, 2.05) is 11.9 Å². The lowest BCUT2D eigenvalue weighted by atomic mass is 10.2. The molecule has 30 heavy (non-hydrogen) atoms. The van der Waals surface area contributed by atoms with Gasteiger partial charge in [-0.05, 0) is 36.1 Å². The molecule has 1 aromatic carbocycles. The molecule has 0 radical (unpaired) electrons. The molecule has 2 aromatic heterocycles. The first-order chi connectivity index (χ1) is 14.3. The Hall–Kier alpha value is -2.49. The third kappa shape index (κ3) is 4.97. The quantitative estimate of drug-likeness (QED) is 0.242. The number of fused-ring (bicyclic) bond motifs is 1. The van der Waals surface area contributed by atoms with Gasteiger partial charge >= 0.3 is 0 Å². The van der Waals surface area contributed by atoms with Crippen molar-refractivity contribution in [2.24, 2.45) is 4.99 Å². The number of hydrogen-bond donors (Lipinski definition) is 1. The lowest BCUT2D eigenvalue weighted by Crippen LogP contribution is -2.53. The molecule has 7 nitrogen and oxygen atoms in total. The molecule has 0 spiro atoms. The molecule has 0 atom stereocenters. The highest BCUT2D eigenvalue weighted by Crippen LogP contribution is 2.15. The van der Waals surface area contributed by atoms with E-state index in [2.05, 4.69) is 56.3 Å². The largest absolute Gasteiger partial charge is 0.459 e. The Morgan fingerprint density at radius 3 is 2.57 bits per heavy atom. The third-order valence-electron chi connectivity index (χ3n) is 5.35. The maximum Gasteiger partial charge on any atom is 0.289 e. The van der Waals surface area contributed by atoms with Crippen LogP contribution < -0.4 is 5.32 Å². The average molecular weight is 521 g/mol. The highest BCUT2D eigenvalue weighted by atomic mass is 127. The number of aryl methyl sites for hydroxylation is 1. The zero-order valence-electron chi connectivity index (χ0n) is 17.2. The van der Waals surface area contributed by atoms with Crippen LogP contribution >= 0.6 is 24.0 Å². The van der Waals surface area contributed by atoms with Crippen molar-refractivity contribution in [3.05, 3.63) is 60.7 Å². The van der Waals surface area contributed by atoms with Crippen LogP contribution in [0.3, 0.4) is 0 Å². The van der Waals surface area contributed by atoms with Crippen LogP contribution in [0.15, 0.2) is 64.3 Å². The summed E-state index contributed by atoms with van der Waals surface area (Å²) in [5, 5.41) is 4.74. The number of benzene rings is 1. The van der Waals surface area contributed by atoms with Gasteiger partial charge in [-0.2, -0.15) is 0 Å². The van der Waals surface area contributed by atoms with Crippen LogP contribution in [0, 0.1) is 0 Å². The Balaban J connectivity index is 0.00000256. The molecule has 1 amide bonds. The minimum atomic E-state index is -0.0449. The van der Waals surface area contributed by atoms with E-state index in [4.69, 9.17) is 4.42 Å². The van der Waals surface area contributed by atoms with Crippen LogP contribution in [0.1, 0.15) is 17.0 Å². The predicted octanol–water partition coefficient (Wildman–Crippen LogP) is 3.28. The Kier molecular flexibility index (Phi) is 7.78. The highest BCUT2D eigenvalue weighted by molar-refractivity contribution is 14.0. The highest BCUT2D eigenvalue weighted by Gasteiger charge is 2.24. The molecule has 8 heteroatoms. The molecule has 1 aliphatic rings. The molecule has 160 valence electrons. The summed E-state index contributed by atoms with van der Waals surface area (Å²) in [7, 11) is 1.81. The lowest BCUT2D eigenvalue weighted by molar-refractivity contribution is 0.0657. The first-order valence-corrected chi connectivity index (χ1v) is 10.1. The number of furan rings is 1. The summed E-state index contributed by atoms with van der Waals surface area (Å²) in [5.74, 6) is 1.25. The Morgan fingerprint density at radius 1 is 1.07 bits per heavy atom. The second-order valence-electron chi connectivity index (χ2n) is 7.15. The topological polar surface area (TPSA) is 66.0 Å². The van der Waals surface area contributed by atoms with Crippen molar-refractivity contribution in [2.75, 3.05) is 39.8 Å². The number of para-hydroxylation sites is 1. The van der Waals surface area contributed by atoms with Gasteiger partial charge in [-0.25, -0.2) is 0 Å². The van der Waals surface area contributed by atoms with E-state index >= 15 is 0 Å². The van der Waals surface area contributed by atoms with Crippen molar-refractivity contribution in [1.29, 1.82) is 0 Å². The lowest BCUT2D eigenvalue weighted by Gasteiger charge is -2.36. The van der Waals surface area contributed by atoms with Crippen molar-refractivity contribution in [3.63, 3.8) is 0 Å². The number of amides is 1. The van der Waals surface area contributed by atoms with Gasteiger partial charge in [0.15, 0.2) is 11.7 Å². The summed E-state index contributed by atoms with van der Waals surface area (Å²) in [4.78, 5) is 20.8. The Morgan fingerprint density at radius 2 is 1.83 bits per heavy atom. The van der Waals surface area contributed by atoms with Crippen LogP contribution in [0.25, 0.3) is 10.9 Å². The number of guanidine groups is 1. The molecule has 0 bridgehead atoms. The first kappa shape index (κ1) is 22.2. The van der Waals surface area contributed by atoms with E-state index in [9.17, 15) is 4.79 Å². The van der Waals surface area contributed by atoms with E-state index in [0.717, 1.165) is 38.6 Å². The maximum atomic E-state index is 12.4. The maximum absolute atomic E-state index is 12.4. The Bertz CT molecular complexity index is 975. The third-order valence-corrected chi connectivity index (χ3v) is 5.35. The fraction of sp³-hybridized carbons (Fsp3) is 0.364. The summed E-state index contributed by atoms with van der Waals surface area (Å²) >= 11 is 0. The Labute approximate surface area is 193 Å². The molecular weight excluding hydrogens is 493 g/mol. The minimum Gasteiger partial charge on any atom is -0.459 e. The van der Waals surface area contributed by atoms with Crippen LogP contribution in [0.5, 0.6) is 0 Å². The smallest absolute Gasteiger partial charge is 0.289 e. The van der Waals surface area contributed by atoms with Gasteiger partial charge in [0.2, 0.25) is 0 Å². The summed E-state index contributed by atoms with van der Waals surface area (Å²) in [5.41, 5.74) is 1.27. The zero-order chi connectivity index (χ0) is 20.1. The molecule has 1 saturated heterocycles. The number of rotatable bonds is 5. The standard InChI is InChI=1S/C22H27N5O2.HI/c1-23-22(24-10-5-11-25-12-9-18-6-2-3-7-19(18)25)27-15-13-26(14-16-27)21(28)20-8-4-17-29-20;/h2-4,6-9,12,17H,5,10-11,13-16H2,1H3,(H,23,24);1H. The molecule has 1 aliphatic heterocycles. The number of aromatic nitrogens is 1. The van der Waals surface area contributed by atoms with Gasteiger partial charge in [0.25, 0.3) is 5.91 Å². The molecule has 1 fully saturated rings. The summed E-state index contributed by atoms with van der Waals surface area (Å²) in [6, 6.07) is 14.1. The molecule has 1 N–H and O–H groups in total. The van der Waals surface area contributed by atoms with Gasteiger partial charge in [-0.15, -0.1) is 24.0 Å². The van der Waals surface area contributed by atoms with Crippen molar-refractivity contribution < 1.29 is 9.21 Å². The monoisotopic (exact) mass is 521 g/mol. The van der Waals surface area contributed by atoms with E-state index in [1.54, 1.807) is 12.1 Å². The number of nitrogens with zero attached hydrogens (tertiary/aromatic N) is 4. The molecule has 0 aliphatic carbocycles. The van der Waals surface area contributed by atoms with Crippen LogP contribution in [-0.4, -0.2) is 66.0 Å². The van der Waals surface area contributed by atoms with Crippen LogP contribution in [0.2, 0.25) is 0 Å². The average Bonchev–Trinajstić information content (AvgIpc) is 3.44. The summed E-state index contributed by atoms with van der Waals surface area (Å²) in [6.07, 6.45) is 4.69. The first-order valence-electron chi connectivity index (χ1n) is 10.1. The number of halogens is 1. The second kappa shape index (κ2) is 10.5. The normalized spacial score (nSPS) is 14.6. The fourth-order valence-corrected chi connectivity index (χ4v) is 3.79. The molecule has 3 aromatic rings. The van der Waals surface area contributed by atoms with E-state index in [-0.39, 0.29) is 29.9 Å². The zero-order valence-corrected chi connectivity index (χ0v) is 19.5. The predicted molar refractivity (Wildman–Crippen MR) is 130 cm³/mol.